The predicted molar refractivity (Wildman–Crippen MR) is 95.5 cm³/mol. The van der Waals surface area contributed by atoms with Gasteiger partial charge in [-0.25, -0.2) is 4.79 Å². The standard InChI is InChI=1S/C19H30N4O2/c1-15-12-20-23(13-15)16-4-3-9-22(14-16)18(24)21-17-5-2-6-19(17)7-10-25-11-8-19/h12-13,16-17H,2-11,14H2,1H3,(H,21,24)/t16-,17+/m0/s1. The summed E-state index contributed by atoms with van der Waals surface area (Å²) < 4.78 is 7.59. The van der Waals surface area contributed by atoms with Crippen LogP contribution in [0.3, 0.4) is 0 Å². The number of nitrogens with zero attached hydrogens (tertiary/aromatic N) is 3. The zero-order valence-corrected chi connectivity index (χ0v) is 15.2. The number of amides is 2. The molecule has 2 saturated heterocycles. The highest BCUT2D eigenvalue weighted by molar-refractivity contribution is 5.74. The first-order valence-electron chi connectivity index (χ1n) is 9.80. The number of nitrogens with one attached hydrogen (secondary N) is 1. The maximum Gasteiger partial charge on any atom is 0.317 e. The number of rotatable bonds is 2. The van der Waals surface area contributed by atoms with Gasteiger partial charge in [0.2, 0.25) is 0 Å². The lowest BCUT2D eigenvalue weighted by Gasteiger charge is -2.40. The van der Waals surface area contributed by atoms with Crippen LogP contribution in [0.2, 0.25) is 0 Å². The number of hydrogen-bond donors (Lipinski definition) is 1. The Kier molecular flexibility index (Phi) is 4.71. The molecule has 0 aromatic carbocycles. The molecule has 6 heteroatoms. The number of piperidine rings is 1. The zero-order chi connectivity index (χ0) is 17.3. The molecule has 2 atom stereocenters. The number of aromatic nitrogens is 2. The first kappa shape index (κ1) is 16.9. The molecule has 0 unspecified atom stereocenters. The Morgan fingerprint density at radius 2 is 2.12 bits per heavy atom. The van der Waals surface area contributed by atoms with Gasteiger partial charge in [0.1, 0.15) is 0 Å². The highest BCUT2D eigenvalue weighted by atomic mass is 16.5. The molecule has 4 rings (SSSR count). The maximum atomic E-state index is 12.9. The van der Waals surface area contributed by atoms with Crippen LogP contribution in [0.5, 0.6) is 0 Å². The number of aryl methyl sites for hydroxylation is 1. The van der Waals surface area contributed by atoms with Gasteiger partial charge in [0.15, 0.2) is 0 Å². The topological polar surface area (TPSA) is 59.4 Å². The Labute approximate surface area is 149 Å². The summed E-state index contributed by atoms with van der Waals surface area (Å²) in [5.74, 6) is 0. The second-order valence-electron chi connectivity index (χ2n) is 8.11. The lowest BCUT2D eigenvalue weighted by atomic mass is 9.75. The molecular weight excluding hydrogens is 316 g/mol. The molecule has 3 fully saturated rings. The minimum Gasteiger partial charge on any atom is -0.381 e. The van der Waals surface area contributed by atoms with Crippen molar-refractivity contribution in [2.24, 2.45) is 5.41 Å². The fourth-order valence-electron chi connectivity index (χ4n) is 4.97. The van der Waals surface area contributed by atoms with Crippen molar-refractivity contribution in [1.29, 1.82) is 0 Å². The summed E-state index contributed by atoms with van der Waals surface area (Å²) in [7, 11) is 0. The van der Waals surface area contributed by atoms with E-state index in [2.05, 4.69) is 23.5 Å². The van der Waals surface area contributed by atoms with Crippen molar-refractivity contribution in [2.75, 3.05) is 26.3 Å². The molecule has 1 saturated carbocycles. The molecule has 6 nitrogen and oxygen atoms in total. The molecule has 2 amide bonds. The first-order valence-corrected chi connectivity index (χ1v) is 9.80. The summed E-state index contributed by atoms with van der Waals surface area (Å²) in [5, 5.41) is 7.84. The number of urea groups is 1. The Bertz CT molecular complexity index is 608. The Morgan fingerprint density at radius 3 is 2.88 bits per heavy atom. The fraction of sp³-hybridized carbons (Fsp3) is 0.789. The molecule has 138 valence electrons. The first-order chi connectivity index (χ1) is 12.2. The van der Waals surface area contributed by atoms with Crippen LogP contribution >= 0.6 is 0 Å². The van der Waals surface area contributed by atoms with Crippen LogP contribution in [0.1, 0.15) is 56.6 Å². The van der Waals surface area contributed by atoms with Crippen LogP contribution < -0.4 is 5.32 Å². The molecule has 0 bridgehead atoms. The molecule has 1 aromatic rings. The molecule has 2 aliphatic heterocycles. The van der Waals surface area contributed by atoms with Crippen molar-refractivity contribution in [3.05, 3.63) is 18.0 Å². The summed E-state index contributed by atoms with van der Waals surface area (Å²) >= 11 is 0. The largest absolute Gasteiger partial charge is 0.381 e. The van der Waals surface area contributed by atoms with E-state index in [1.807, 2.05) is 15.8 Å². The molecule has 25 heavy (non-hydrogen) atoms. The summed E-state index contributed by atoms with van der Waals surface area (Å²) in [4.78, 5) is 14.9. The summed E-state index contributed by atoms with van der Waals surface area (Å²) in [6, 6.07) is 0.733. The van der Waals surface area contributed by atoms with Crippen molar-refractivity contribution in [3.63, 3.8) is 0 Å². The quantitative estimate of drug-likeness (QED) is 0.896. The smallest absolute Gasteiger partial charge is 0.317 e. The molecule has 3 heterocycles. The van der Waals surface area contributed by atoms with E-state index < -0.39 is 0 Å². The number of carbonyl (C=O) groups excluding carboxylic acids is 1. The van der Waals surface area contributed by atoms with Crippen molar-refractivity contribution >= 4 is 6.03 Å². The van der Waals surface area contributed by atoms with E-state index in [1.54, 1.807) is 0 Å². The van der Waals surface area contributed by atoms with E-state index in [-0.39, 0.29) is 11.4 Å². The average Bonchev–Trinajstić information content (AvgIpc) is 3.23. The normalized spacial score (nSPS) is 29.1. The average molecular weight is 346 g/mol. The van der Waals surface area contributed by atoms with Crippen LogP contribution in [0.15, 0.2) is 12.4 Å². The van der Waals surface area contributed by atoms with Crippen LogP contribution in [0.25, 0.3) is 0 Å². The van der Waals surface area contributed by atoms with E-state index in [4.69, 9.17) is 4.74 Å². The van der Waals surface area contributed by atoms with Gasteiger partial charge < -0.3 is 15.0 Å². The van der Waals surface area contributed by atoms with E-state index in [0.29, 0.717) is 12.1 Å². The van der Waals surface area contributed by atoms with Crippen molar-refractivity contribution in [1.82, 2.24) is 20.0 Å². The number of likely N-dealkylation sites (tertiary alicyclic amines) is 1. The number of ether oxygens (including phenoxy) is 1. The minimum atomic E-state index is 0.117. The van der Waals surface area contributed by atoms with Gasteiger partial charge in [-0.05, 0) is 56.4 Å². The Morgan fingerprint density at radius 1 is 1.28 bits per heavy atom. The lowest BCUT2D eigenvalue weighted by molar-refractivity contribution is 0.00517. The zero-order valence-electron chi connectivity index (χ0n) is 15.2. The van der Waals surface area contributed by atoms with Gasteiger partial charge in [-0.2, -0.15) is 5.10 Å². The third kappa shape index (κ3) is 3.41. The lowest BCUT2D eigenvalue weighted by Crippen LogP contribution is -2.53. The third-order valence-corrected chi connectivity index (χ3v) is 6.48. The molecule has 1 aliphatic carbocycles. The molecule has 0 radical (unpaired) electrons. The van der Waals surface area contributed by atoms with Crippen molar-refractivity contribution in [3.8, 4) is 0 Å². The SMILES string of the molecule is Cc1cnn([C@H]2CCCN(C(=O)N[C@@H]3CCCC34CCOCC4)C2)c1. The van der Waals surface area contributed by atoms with Gasteiger partial charge in [0.25, 0.3) is 0 Å². The van der Waals surface area contributed by atoms with Gasteiger partial charge in [-0.3, -0.25) is 4.68 Å². The van der Waals surface area contributed by atoms with Crippen LogP contribution in [0.4, 0.5) is 4.79 Å². The molecule has 3 aliphatic rings. The van der Waals surface area contributed by atoms with Gasteiger partial charge in [0, 0.05) is 38.5 Å². The Hall–Kier alpha value is -1.56. The fourth-order valence-corrected chi connectivity index (χ4v) is 4.97. The molecule has 1 N–H and O–H groups in total. The van der Waals surface area contributed by atoms with Gasteiger partial charge in [-0.15, -0.1) is 0 Å². The van der Waals surface area contributed by atoms with Gasteiger partial charge in [-0.1, -0.05) is 6.42 Å². The third-order valence-electron chi connectivity index (χ3n) is 6.48. The van der Waals surface area contributed by atoms with Gasteiger partial charge >= 0.3 is 6.03 Å². The molecular formula is C19H30N4O2. The number of carbonyl (C=O) groups is 1. The monoisotopic (exact) mass is 346 g/mol. The van der Waals surface area contributed by atoms with Crippen LogP contribution in [-0.4, -0.2) is 53.1 Å². The second kappa shape index (κ2) is 6.98. The minimum absolute atomic E-state index is 0.117. The van der Waals surface area contributed by atoms with E-state index >= 15 is 0 Å². The molecule has 1 aromatic heterocycles. The molecule has 1 spiro atoms. The van der Waals surface area contributed by atoms with E-state index in [0.717, 1.165) is 58.4 Å². The predicted octanol–water partition coefficient (Wildman–Crippen LogP) is 2.89. The highest BCUT2D eigenvalue weighted by Crippen LogP contribution is 2.46. The highest BCUT2D eigenvalue weighted by Gasteiger charge is 2.45. The van der Waals surface area contributed by atoms with Crippen LogP contribution in [0, 0.1) is 12.3 Å². The number of hydrogen-bond acceptors (Lipinski definition) is 3. The maximum absolute atomic E-state index is 12.9. The second-order valence-corrected chi connectivity index (χ2v) is 8.11. The van der Waals surface area contributed by atoms with E-state index in [1.165, 1.54) is 18.4 Å². The Balaban J connectivity index is 1.39. The summed E-state index contributed by atoms with van der Waals surface area (Å²) in [6.07, 6.45) is 11.9. The van der Waals surface area contributed by atoms with Crippen molar-refractivity contribution < 1.29 is 9.53 Å². The van der Waals surface area contributed by atoms with E-state index in [9.17, 15) is 4.79 Å². The summed E-state index contributed by atoms with van der Waals surface area (Å²) in [5.41, 5.74) is 1.45. The van der Waals surface area contributed by atoms with Crippen molar-refractivity contribution in [2.45, 2.75) is 64.0 Å². The summed E-state index contributed by atoms with van der Waals surface area (Å²) in [6.45, 7) is 5.36. The van der Waals surface area contributed by atoms with Gasteiger partial charge in [0.05, 0.1) is 12.2 Å². The van der Waals surface area contributed by atoms with Crippen LogP contribution in [-0.2, 0) is 4.74 Å².